The molecule has 22 heavy (non-hydrogen) atoms. The van der Waals surface area contributed by atoms with Crippen molar-refractivity contribution in [1.29, 1.82) is 0 Å². The molecule has 0 unspecified atom stereocenters. The van der Waals surface area contributed by atoms with Crippen LogP contribution in [0, 0.1) is 12.7 Å². The van der Waals surface area contributed by atoms with Crippen LogP contribution in [-0.2, 0) is 11.2 Å². The number of carbonyl (C=O) groups excluding carboxylic acids is 1. The Bertz CT molecular complexity index is 625. The molecule has 1 aliphatic heterocycles. The standard InChI is InChI=1S/C16H16FN.C2H5NO/c1-11-2-3-12-8-9-18-16(15(12)10-11)13-4-6-14(17)7-5-13;1-3-2-4/h2-7,10,16,18H,8-9H2,1H3;2H,1H3,(H,3,4)/t16-;/m0./s1. The van der Waals surface area contributed by atoms with Crippen LogP contribution in [0.15, 0.2) is 42.5 Å². The van der Waals surface area contributed by atoms with Crippen molar-refractivity contribution in [3.63, 3.8) is 0 Å². The van der Waals surface area contributed by atoms with Gasteiger partial charge in [-0.2, -0.15) is 0 Å². The van der Waals surface area contributed by atoms with E-state index in [2.05, 4.69) is 35.8 Å². The predicted molar refractivity (Wildman–Crippen MR) is 86.3 cm³/mol. The van der Waals surface area contributed by atoms with E-state index in [0.717, 1.165) is 18.5 Å². The van der Waals surface area contributed by atoms with E-state index in [4.69, 9.17) is 4.79 Å². The molecule has 0 saturated heterocycles. The molecule has 0 aromatic heterocycles. The van der Waals surface area contributed by atoms with Gasteiger partial charge in [-0.15, -0.1) is 0 Å². The Morgan fingerprint density at radius 1 is 1.23 bits per heavy atom. The Labute approximate surface area is 130 Å². The zero-order valence-corrected chi connectivity index (χ0v) is 12.9. The van der Waals surface area contributed by atoms with Crippen molar-refractivity contribution in [1.82, 2.24) is 10.6 Å². The first-order valence-electron chi connectivity index (χ1n) is 7.35. The van der Waals surface area contributed by atoms with Gasteiger partial charge in [0, 0.05) is 13.6 Å². The maximum Gasteiger partial charge on any atom is 0.206 e. The number of benzene rings is 2. The van der Waals surface area contributed by atoms with Gasteiger partial charge in [-0.1, -0.05) is 35.9 Å². The first kappa shape index (κ1) is 16.2. The van der Waals surface area contributed by atoms with Gasteiger partial charge in [0.15, 0.2) is 0 Å². The summed E-state index contributed by atoms with van der Waals surface area (Å²) in [6.07, 6.45) is 1.69. The summed E-state index contributed by atoms with van der Waals surface area (Å²) >= 11 is 0. The van der Waals surface area contributed by atoms with Gasteiger partial charge in [-0.05, 0) is 42.2 Å². The van der Waals surface area contributed by atoms with Crippen LogP contribution in [0.4, 0.5) is 4.39 Å². The van der Waals surface area contributed by atoms with Gasteiger partial charge in [0.1, 0.15) is 5.82 Å². The van der Waals surface area contributed by atoms with Crippen LogP contribution in [0.25, 0.3) is 0 Å². The minimum atomic E-state index is -0.181. The van der Waals surface area contributed by atoms with Gasteiger partial charge >= 0.3 is 0 Å². The topological polar surface area (TPSA) is 41.1 Å². The first-order chi connectivity index (χ1) is 10.7. The summed E-state index contributed by atoms with van der Waals surface area (Å²) in [5.74, 6) is -0.181. The first-order valence-corrected chi connectivity index (χ1v) is 7.35. The highest BCUT2D eigenvalue weighted by Gasteiger charge is 2.20. The number of halogens is 1. The van der Waals surface area contributed by atoms with Crippen molar-refractivity contribution in [3.05, 3.63) is 70.5 Å². The number of nitrogens with one attached hydrogen (secondary N) is 2. The Hall–Kier alpha value is -2.20. The Balaban J connectivity index is 0.000000396. The monoisotopic (exact) mass is 300 g/mol. The normalized spacial score (nSPS) is 16.0. The number of amides is 1. The molecule has 1 aliphatic rings. The number of rotatable bonds is 2. The quantitative estimate of drug-likeness (QED) is 0.837. The molecule has 0 fully saturated rings. The van der Waals surface area contributed by atoms with Crippen molar-refractivity contribution in [2.45, 2.75) is 19.4 Å². The number of aryl methyl sites for hydroxylation is 1. The molecule has 2 aromatic carbocycles. The molecule has 4 heteroatoms. The van der Waals surface area contributed by atoms with E-state index in [0.29, 0.717) is 6.41 Å². The van der Waals surface area contributed by atoms with E-state index in [9.17, 15) is 4.39 Å². The molecule has 3 nitrogen and oxygen atoms in total. The minimum Gasteiger partial charge on any atom is -0.362 e. The molecule has 2 aromatic rings. The number of fused-ring (bicyclic) bond motifs is 1. The lowest BCUT2D eigenvalue weighted by atomic mass is 9.89. The molecule has 0 aliphatic carbocycles. The summed E-state index contributed by atoms with van der Waals surface area (Å²) in [5, 5.41) is 5.77. The van der Waals surface area contributed by atoms with Crippen molar-refractivity contribution in [2.75, 3.05) is 13.6 Å². The molecule has 1 heterocycles. The van der Waals surface area contributed by atoms with Crippen molar-refractivity contribution >= 4 is 6.41 Å². The summed E-state index contributed by atoms with van der Waals surface area (Å²) < 4.78 is 13.0. The largest absolute Gasteiger partial charge is 0.362 e. The second-order valence-electron chi connectivity index (χ2n) is 5.30. The van der Waals surface area contributed by atoms with Gasteiger partial charge in [0.2, 0.25) is 6.41 Å². The molecule has 0 saturated carbocycles. The van der Waals surface area contributed by atoms with E-state index in [1.54, 1.807) is 7.05 Å². The molecular formula is C18H21FN2O. The lowest BCUT2D eigenvalue weighted by Crippen LogP contribution is -2.30. The molecule has 0 radical (unpaired) electrons. The van der Waals surface area contributed by atoms with Crippen molar-refractivity contribution in [2.24, 2.45) is 0 Å². The lowest BCUT2D eigenvalue weighted by Gasteiger charge is -2.27. The zero-order valence-electron chi connectivity index (χ0n) is 12.9. The van der Waals surface area contributed by atoms with E-state index in [-0.39, 0.29) is 11.9 Å². The molecule has 1 amide bonds. The fourth-order valence-electron chi connectivity index (χ4n) is 2.62. The van der Waals surface area contributed by atoms with E-state index < -0.39 is 0 Å². The lowest BCUT2D eigenvalue weighted by molar-refractivity contribution is -0.109. The van der Waals surface area contributed by atoms with Crippen molar-refractivity contribution in [3.8, 4) is 0 Å². The molecule has 3 rings (SSSR count). The maximum atomic E-state index is 13.0. The Morgan fingerprint density at radius 3 is 2.55 bits per heavy atom. The summed E-state index contributed by atoms with van der Waals surface area (Å²) in [6, 6.07) is 13.6. The van der Waals surface area contributed by atoms with E-state index >= 15 is 0 Å². The van der Waals surface area contributed by atoms with Gasteiger partial charge in [0.25, 0.3) is 0 Å². The third kappa shape index (κ3) is 3.92. The smallest absolute Gasteiger partial charge is 0.206 e. The van der Waals surface area contributed by atoms with Gasteiger partial charge < -0.3 is 10.6 Å². The number of hydrogen-bond acceptors (Lipinski definition) is 2. The van der Waals surface area contributed by atoms with Crippen LogP contribution in [0.3, 0.4) is 0 Å². The highest BCUT2D eigenvalue weighted by atomic mass is 19.1. The molecule has 1 atom stereocenters. The zero-order chi connectivity index (χ0) is 15.9. The van der Waals surface area contributed by atoms with Crippen LogP contribution in [0.5, 0.6) is 0 Å². The summed E-state index contributed by atoms with van der Waals surface area (Å²) in [6.45, 7) is 3.08. The van der Waals surface area contributed by atoms with Gasteiger partial charge in [-0.25, -0.2) is 4.39 Å². The maximum absolute atomic E-state index is 13.0. The molecule has 116 valence electrons. The molecule has 2 N–H and O–H groups in total. The number of hydrogen-bond donors (Lipinski definition) is 2. The van der Waals surface area contributed by atoms with Crippen molar-refractivity contribution < 1.29 is 9.18 Å². The van der Waals surface area contributed by atoms with Crippen LogP contribution in [-0.4, -0.2) is 20.0 Å². The van der Waals surface area contributed by atoms with E-state index in [1.807, 2.05) is 12.1 Å². The second kappa shape index (κ2) is 7.71. The number of carbonyl (C=O) groups is 1. The molecule has 0 spiro atoms. The minimum absolute atomic E-state index is 0.181. The third-order valence-electron chi connectivity index (χ3n) is 3.68. The molecular weight excluding hydrogens is 279 g/mol. The summed E-state index contributed by atoms with van der Waals surface area (Å²) in [5.41, 5.74) is 5.12. The fourth-order valence-corrected chi connectivity index (χ4v) is 2.62. The average molecular weight is 300 g/mol. The summed E-state index contributed by atoms with van der Waals surface area (Å²) in [7, 11) is 1.56. The SMILES string of the molecule is CNC=O.Cc1ccc2c(c1)[C@H](c1ccc(F)cc1)NCC2. The Morgan fingerprint density at radius 2 is 1.91 bits per heavy atom. The van der Waals surface area contributed by atoms with Crippen LogP contribution >= 0.6 is 0 Å². The van der Waals surface area contributed by atoms with Gasteiger partial charge in [-0.3, -0.25) is 4.79 Å². The predicted octanol–water partition coefficient (Wildman–Crippen LogP) is 2.73. The fraction of sp³-hybridized carbons (Fsp3) is 0.278. The summed E-state index contributed by atoms with van der Waals surface area (Å²) in [4.78, 5) is 9.06. The van der Waals surface area contributed by atoms with Crippen LogP contribution in [0.2, 0.25) is 0 Å². The Kier molecular flexibility index (Phi) is 5.67. The molecule has 0 bridgehead atoms. The van der Waals surface area contributed by atoms with Crippen LogP contribution in [0.1, 0.15) is 28.3 Å². The van der Waals surface area contributed by atoms with E-state index in [1.165, 1.54) is 28.8 Å². The highest BCUT2D eigenvalue weighted by Crippen LogP contribution is 2.29. The highest BCUT2D eigenvalue weighted by molar-refractivity contribution is 5.45. The third-order valence-corrected chi connectivity index (χ3v) is 3.68. The van der Waals surface area contributed by atoms with Gasteiger partial charge in [0.05, 0.1) is 6.04 Å². The average Bonchev–Trinajstić information content (AvgIpc) is 2.55. The second-order valence-corrected chi connectivity index (χ2v) is 5.30. The van der Waals surface area contributed by atoms with Crippen LogP contribution < -0.4 is 10.6 Å².